The molecule has 0 aromatic carbocycles. The van der Waals surface area contributed by atoms with Gasteiger partial charge in [0.1, 0.15) is 0 Å². The molecule has 0 spiro atoms. The number of piperidine rings is 1. The Balaban J connectivity index is 2.41. The lowest BCUT2D eigenvalue weighted by Crippen LogP contribution is -2.49. The quantitative estimate of drug-likeness (QED) is 0.791. The number of nitrogens with zero attached hydrogens (tertiary/aromatic N) is 1. The van der Waals surface area contributed by atoms with Crippen LogP contribution in [0.5, 0.6) is 0 Å². The number of nitrogens with one attached hydrogen (secondary N) is 1. The molecule has 100 valence electrons. The van der Waals surface area contributed by atoms with Gasteiger partial charge < -0.3 is 15.3 Å². The number of aliphatic hydroxyl groups excluding tert-OH is 1. The fourth-order valence-electron chi connectivity index (χ4n) is 2.13. The molecule has 0 aromatic heterocycles. The Bertz CT molecular complexity index is 237. The Labute approximate surface area is 108 Å². The van der Waals surface area contributed by atoms with E-state index in [9.17, 15) is 4.79 Å². The third-order valence-corrected chi connectivity index (χ3v) is 4.26. The van der Waals surface area contributed by atoms with Gasteiger partial charge in [-0.15, -0.1) is 0 Å². The third-order valence-electron chi connectivity index (χ3n) is 3.29. The summed E-state index contributed by atoms with van der Waals surface area (Å²) in [7, 11) is 0. The van der Waals surface area contributed by atoms with Gasteiger partial charge in [0, 0.05) is 31.0 Å². The summed E-state index contributed by atoms with van der Waals surface area (Å²) >= 11 is 1.75. The highest BCUT2D eigenvalue weighted by atomic mass is 32.2. The zero-order valence-corrected chi connectivity index (χ0v) is 11.6. The highest BCUT2D eigenvalue weighted by Crippen LogP contribution is 2.19. The summed E-state index contributed by atoms with van der Waals surface area (Å²) in [6, 6.07) is 0.252. The van der Waals surface area contributed by atoms with E-state index in [1.807, 2.05) is 11.2 Å². The minimum Gasteiger partial charge on any atom is -0.396 e. The first-order chi connectivity index (χ1) is 8.19. The van der Waals surface area contributed by atoms with Gasteiger partial charge in [-0.3, -0.25) is 0 Å². The van der Waals surface area contributed by atoms with Crippen LogP contribution in [-0.4, -0.2) is 53.3 Å². The van der Waals surface area contributed by atoms with E-state index in [-0.39, 0.29) is 18.7 Å². The van der Waals surface area contributed by atoms with Crippen LogP contribution in [0.1, 0.15) is 32.6 Å². The van der Waals surface area contributed by atoms with Crippen LogP contribution < -0.4 is 5.32 Å². The van der Waals surface area contributed by atoms with Crippen LogP contribution in [-0.2, 0) is 0 Å². The predicted molar refractivity (Wildman–Crippen MR) is 72.4 cm³/mol. The fraction of sp³-hybridized carbons (Fsp3) is 0.917. The normalized spacial score (nSPS) is 22.3. The Morgan fingerprint density at radius 1 is 1.59 bits per heavy atom. The van der Waals surface area contributed by atoms with E-state index in [4.69, 9.17) is 5.11 Å². The van der Waals surface area contributed by atoms with Gasteiger partial charge in [-0.05, 0) is 31.9 Å². The third kappa shape index (κ3) is 4.76. The number of amides is 2. The zero-order valence-electron chi connectivity index (χ0n) is 10.8. The molecule has 1 fully saturated rings. The predicted octanol–water partition coefficient (Wildman–Crippen LogP) is 1.68. The number of likely N-dealkylation sites (tertiary alicyclic amines) is 1. The first-order valence-electron chi connectivity index (χ1n) is 6.37. The monoisotopic (exact) mass is 260 g/mol. The number of rotatable bonds is 5. The number of carbonyl (C=O) groups excluding carboxylic acids is 1. The number of thioether (sulfide) groups is 1. The largest absolute Gasteiger partial charge is 0.396 e. The van der Waals surface area contributed by atoms with Gasteiger partial charge in [-0.2, -0.15) is 11.8 Å². The fourth-order valence-corrected chi connectivity index (χ4v) is 2.38. The number of hydrogen-bond donors (Lipinski definition) is 2. The van der Waals surface area contributed by atoms with Crippen LogP contribution in [0.15, 0.2) is 0 Å². The summed E-state index contributed by atoms with van der Waals surface area (Å²) in [6.45, 7) is 3.80. The maximum Gasteiger partial charge on any atom is 0.317 e. The van der Waals surface area contributed by atoms with Crippen molar-refractivity contribution in [2.75, 3.05) is 26.0 Å². The molecular weight excluding hydrogens is 236 g/mol. The van der Waals surface area contributed by atoms with Gasteiger partial charge in [-0.25, -0.2) is 4.79 Å². The van der Waals surface area contributed by atoms with E-state index in [1.54, 1.807) is 11.8 Å². The lowest BCUT2D eigenvalue weighted by molar-refractivity contribution is 0.132. The van der Waals surface area contributed by atoms with Crippen LogP contribution in [0.3, 0.4) is 0 Å². The molecule has 1 aliphatic heterocycles. The summed E-state index contributed by atoms with van der Waals surface area (Å²) in [5.41, 5.74) is 0. The summed E-state index contributed by atoms with van der Waals surface area (Å²) in [5, 5.41) is 12.4. The second-order valence-corrected chi connectivity index (χ2v) is 5.86. The molecule has 2 amide bonds. The van der Waals surface area contributed by atoms with Gasteiger partial charge >= 0.3 is 6.03 Å². The Hall–Kier alpha value is -0.420. The number of carbonyl (C=O) groups is 1. The van der Waals surface area contributed by atoms with Gasteiger partial charge in [0.05, 0.1) is 0 Å². The first-order valence-corrected chi connectivity index (χ1v) is 7.66. The zero-order chi connectivity index (χ0) is 12.7. The second kappa shape index (κ2) is 7.82. The van der Waals surface area contributed by atoms with Crippen molar-refractivity contribution < 1.29 is 9.90 Å². The number of hydrogen-bond acceptors (Lipinski definition) is 3. The molecule has 1 saturated heterocycles. The van der Waals surface area contributed by atoms with E-state index in [1.165, 1.54) is 0 Å². The van der Waals surface area contributed by atoms with Crippen LogP contribution in [0.2, 0.25) is 0 Å². The number of aliphatic hydroxyl groups is 1. The van der Waals surface area contributed by atoms with Gasteiger partial charge in [0.15, 0.2) is 0 Å². The molecule has 1 aliphatic rings. The topological polar surface area (TPSA) is 52.6 Å². The van der Waals surface area contributed by atoms with Crippen molar-refractivity contribution in [2.45, 2.75) is 43.9 Å². The molecule has 0 unspecified atom stereocenters. The van der Waals surface area contributed by atoms with Crippen molar-refractivity contribution in [1.29, 1.82) is 0 Å². The first kappa shape index (κ1) is 14.6. The van der Waals surface area contributed by atoms with Crippen molar-refractivity contribution >= 4 is 17.8 Å². The average Bonchev–Trinajstić information content (AvgIpc) is 2.36. The number of urea groups is 1. The maximum absolute atomic E-state index is 12.0. The molecule has 17 heavy (non-hydrogen) atoms. The Kier molecular flexibility index (Phi) is 6.73. The second-order valence-electron chi connectivity index (χ2n) is 4.59. The van der Waals surface area contributed by atoms with Crippen molar-refractivity contribution in [3.8, 4) is 0 Å². The SMILES string of the molecule is CS[C@H](C)CNC(=O)N1CCCC[C@@H]1CCO. The van der Waals surface area contributed by atoms with Crippen molar-refractivity contribution in [3.63, 3.8) is 0 Å². The van der Waals surface area contributed by atoms with Crippen molar-refractivity contribution in [2.24, 2.45) is 0 Å². The van der Waals surface area contributed by atoms with Crippen LogP contribution >= 0.6 is 11.8 Å². The molecular formula is C12H24N2O2S. The Morgan fingerprint density at radius 3 is 3.00 bits per heavy atom. The highest BCUT2D eigenvalue weighted by molar-refractivity contribution is 7.99. The average molecular weight is 260 g/mol. The molecule has 1 heterocycles. The molecule has 2 atom stereocenters. The molecule has 0 aliphatic carbocycles. The highest BCUT2D eigenvalue weighted by Gasteiger charge is 2.25. The smallest absolute Gasteiger partial charge is 0.317 e. The molecule has 1 rings (SSSR count). The van der Waals surface area contributed by atoms with E-state index < -0.39 is 0 Å². The van der Waals surface area contributed by atoms with E-state index in [0.717, 1.165) is 25.8 Å². The molecule has 0 radical (unpaired) electrons. The molecule has 0 aromatic rings. The van der Waals surface area contributed by atoms with Crippen LogP contribution in [0.25, 0.3) is 0 Å². The summed E-state index contributed by atoms with van der Waals surface area (Å²) in [6.07, 6.45) is 6.01. The van der Waals surface area contributed by atoms with Crippen molar-refractivity contribution in [3.05, 3.63) is 0 Å². The standard InChI is InChI=1S/C12H24N2O2S/c1-10(17-2)9-13-12(16)14-7-4-3-5-11(14)6-8-15/h10-11,15H,3-9H2,1-2H3,(H,13,16)/t10-,11-/m1/s1. The minimum absolute atomic E-state index is 0.0315. The van der Waals surface area contributed by atoms with Crippen molar-refractivity contribution in [1.82, 2.24) is 10.2 Å². The summed E-state index contributed by atoms with van der Waals surface area (Å²) < 4.78 is 0. The van der Waals surface area contributed by atoms with Gasteiger partial charge in [0.2, 0.25) is 0 Å². The minimum atomic E-state index is 0.0315. The summed E-state index contributed by atoms with van der Waals surface area (Å²) in [5.74, 6) is 0. The van der Waals surface area contributed by atoms with Crippen LogP contribution in [0, 0.1) is 0 Å². The molecule has 4 nitrogen and oxygen atoms in total. The molecule has 0 bridgehead atoms. The molecule has 5 heteroatoms. The van der Waals surface area contributed by atoms with E-state index in [0.29, 0.717) is 18.2 Å². The van der Waals surface area contributed by atoms with Gasteiger partial charge in [-0.1, -0.05) is 6.92 Å². The van der Waals surface area contributed by atoms with E-state index in [2.05, 4.69) is 12.2 Å². The maximum atomic E-state index is 12.0. The summed E-state index contributed by atoms with van der Waals surface area (Å²) in [4.78, 5) is 13.9. The molecule has 2 N–H and O–H groups in total. The lowest BCUT2D eigenvalue weighted by Gasteiger charge is -2.35. The van der Waals surface area contributed by atoms with Crippen LogP contribution in [0.4, 0.5) is 4.79 Å². The Morgan fingerprint density at radius 2 is 2.35 bits per heavy atom. The lowest BCUT2D eigenvalue weighted by atomic mass is 10.0. The van der Waals surface area contributed by atoms with E-state index >= 15 is 0 Å². The van der Waals surface area contributed by atoms with Gasteiger partial charge in [0.25, 0.3) is 0 Å². The molecule has 0 saturated carbocycles.